The van der Waals surface area contributed by atoms with Gasteiger partial charge in [-0.3, -0.25) is 0 Å². The molecule has 1 saturated heterocycles. The summed E-state index contributed by atoms with van der Waals surface area (Å²) in [6.07, 6.45) is 1.76. The van der Waals surface area contributed by atoms with Crippen LogP contribution in [0.15, 0.2) is 23.1 Å². The van der Waals surface area contributed by atoms with E-state index in [1.54, 1.807) is 16.4 Å². The molecule has 3 nitrogen and oxygen atoms in total. The van der Waals surface area contributed by atoms with Crippen LogP contribution in [0.25, 0.3) is 0 Å². The van der Waals surface area contributed by atoms with E-state index in [0.29, 0.717) is 11.6 Å². The van der Waals surface area contributed by atoms with Gasteiger partial charge in [0, 0.05) is 23.0 Å². The van der Waals surface area contributed by atoms with Gasteiger partial charge in [0.2, 0.25) is 10.0 Å². The van der Waals surface area contributed by atoms with Crippen molar-refractivity contribution >= 4 is 33.2 Å². The van der Waals surface area contributed by atoms with Crippen molar-refractivity contribution in [3.63, 3.8) is 0 Å². The smallest absolute Gasteiger partial charge is 0.207 e. The first kappa shape index (κ1) is 15.1. The molecule has 0 saturated carbocycles. The first-order valence-electron chi connectivity index (χ1n) is 6.16. The lowest BCUT2D eigenvalue weighted by Gasteiger charge is -2.30. The lowest BCUT2D eigenvalue weighted by molar-refractivity contribution is 0.291. The van der Waals surface area contributed by atoms with E-state index in [9.17, 15) is 8.42 Å². The first-order chi connectivity index (χ1) is 8.79. The number of hydrogen-bond acceptors (Lipinski definition) is 2. The molecule has 1 aliphatic heterocycles. The van der Waals surface area contributed by atoms with Gasteiger partial charge in [-0.2, -0.15) is 4.31 Å². The van der Waals surface area contributed by atoms with E-state index in [4.69, 9.17) is 23.2 Å². The Morgan fingerprint density at radius 3 is 2.53 bits per heavy atom. The molecule has 106 valence electrons. The average Bonchev–Trinajstić information content (AvgIpc) is 2.69. The van der Waals surface area contributed by atoms with Crippen LogP contribution in [0.3, 0.4) is 0 Å². The number of sulfonamides is 1. The Kier molecular flexibility index (Phi) is 4.17. The minimum absolute atomic E-state index is 0.237. The van der Waals surface area contributed by atoms with Gasteiger partial charge in [-0.25, -0.2) is 8.42 Å². The molecular formula is C13H17Cl2NO2S. The first-order valence-corrected chi connectivity index (χ1v) is 8.51. The molecular weight excluding hydrogens is 305 g/mol. The minimum atomic E-state index is -3.49. The molecule has 6 heteroatoms. The molecule has 0 unspecified atom stereocenters. The van der Waals surface area contributed by atoms with Crippen LogP contribution in [0.2, 0.25) is 5.02 Å². The Labute approximate surface area is 124 Å². The van der Waals surface area contributed by atoms with Gasteiger partial charge >= 0.3 is 0 Å². The molecule has 0 spiro atoms. The van der Waals surface area contributed by atoms with Crippen LogP contribution in [0, 0.1) is 0 Å². The van der Waals surface area contributed by atoms with Crippen LogP contribution in [0.4, 0.5) is 0 Å². The van der Waals surface area contributed by atoms with Crippen molar-refractivity contribution < 1.29 is 8.42 Å². The minimum Gasteiger partial charge on any atom is -0.207 e. The van der Waals surface area contributed by atoms with Crippen molar-refractivity contribution in [2.45, 2.75) is 43.0 Å². The van der Waals surface area contributed by atoms with E-state index < -0.39 is 10.0 Å². The van der Waals surface area contributed by atoms with E-state index in [2.05, 4.69) is 0 Å². The van der Waals surface area contributed by atoms with E-state index >= 15 is 0 Å². The Morgan fingerprint density at radius 1 is 1.37 bits per heavy atom. The highest BCUT2D eigenvalue weighted by Gasteiger charge is 2.40. The molecule has 1 heterocycles. The third-order valence-electron chi connectivity index (χ3n) is 3.58. The van der Waals surface area contributed by atoms with Gasteiger partial charge < -0.3 is 0 Å². The molecule has 2 rings (SSSR count). The molecule has 0 atom stereocenters. The fraction of sp³-hybridized carbons (Fsp3) is 0.538. The summed E-state index contributed by atoms with van der Waals surface area (Å²) < 4.78 is 26.8. The van der Waals surface area contributed by atoms with Gasteiger partial charge in [-0.05, 0) is 44.4 Å². The SMILES string of the molecule is CC1(C)CCCN1S(=O)(=O)c1ccc(CCl)c(Cl)c1. The maximum Gasteiger partial charge on any atom is 0.243 e. The Bertz CT molecular complexity index is 584. The monoisotopic (exact) mass is 321 g/mol. The predicted molar refractivity (Wildman–Crippen MR) is 78.2 cm³/mol. The number of hydrogen-bond donors (Lipinski definition) is 0. The fourth-order valence-corrected chi connectivity index (χ4v) is 4.94. The molecule has 19 heavy (non-hydrogen) atoms. The third-order valence-corrected chi connectivity index (χ3v) is 6.33. The number of alkyl halides is 1. The summed E-state index contributed by atoms with van der Waals surface area (Å²) in [5.74, 6) is 0.272. The maximum absolute atomic E-state index is 12.6. The van der Waals surface area contributed by atoms with Crippen LogP contribution in [-0.2, 0) is 15.9 Å². The summed E-state index contributed by atoms with van der Waals surface area (Å²) in [5, 5.41) is 0.396. The van der Waals surface area contributed by atoms with Crippen molar-refractivity contribution in [2.75, 3.05) is 6.54 Å². The standard InChI is InChI=1S/C13H17Cl2NO2S/c1-13(2)6-3-7-16(13)19(17,18)11-5-4-10(9-14)12(15)8-11/h4-5,8H,3,6-7,9H2,1-2H3. The average molecular weight is 322 g/mol. The van der Waals surface area contributed by atoms with Gasteiger partial charge in [0.15, 0.2) is 0 Å². The number of halogens is 2. The van der Waals surface area contributed by atoms with Crippen molar-refractivity contribution in [2.24, 2.45) is 0 Å². The van der Waals surface area contributed by atoms with E-state index in [1.165, 1.54) is 6.07 Å². The second kappa shape index (κ2) is 5.24. The molecule has 0 radical (unpaired) electrons. The molecule has 1 aliphatic rings. The lowest BCUT2D eigenvalue weighted by atomic mass is 10.0. The van der Waals surface area contributed by atoms with Crippen molar-refractivity contribution in [1.82, 2.24) is 4.31 Å². The lowest BCUT2D eigenvalue weighted by Crippen LogP contribution is -2.42. The van der Waals surface area contributed by atoms with Gasteiger partial charge in [-0.15, -0.1) is 11.6 Å². The summed E-state index contributed by atoms with van der Waals surface area (Å²) in [7, 11) is -3.49. The molecule has 0 N–H and O–H groups in total. The highest BCUT2D eigenvalue weighted by molar-refractivity contribution is 7.89. The van der Waals surface area contributed by atoms with Crippen LogP contribution in [0.5, 0.6) is 0 Å². The van der Waals surface area contributed by atoms with Gasteiger partial charge in [-0.1, -0.05) is 17.7 Å². The van der Waals surface area contributed by atoms with Crippen LogP contribution >= 0.6 is 23.2 Å². The quantitative estimate of drug-likeness (QED) is 0.797. The van der Waals surface area contributed by atoms with Crippen molar-refractivity contribution in [3.8, 4) is 0 Å². The van der Waals surface area contributed by atoms with Crippen LogP contribution in [-0.4, -0.2) is 24.8 Å². The van der Waals surface area contributed by atoms with E-state index in [1.807, 2.05) is 13.8 Å². The maximum atomic E-state index is 12.6. The largest absolute Gasteiger partial charge is 0.243 e. The second-order valence-electron chi connectivity index (χ2n) is 5.38. The Hall–Kier alpha value is -0.290. The fourth-order valence-electron chi connectivity index (χ4n) is 2.45. The molecule has 1 aromatic rings. The molecule has 1 fully saturated rings. The summed E-state index contributed by atoms with van der Waals surface area (Å²) >= 11 is 11.8. The third kappa shape index (κ3) is 2.77. The van der Waals surface area contributed by atoms with Gasteiger partial charge in [0.05, 0.1) is 4.90 Å². The summed E-state index contributed by atoms with van der Waals surface area (Å²) in [5.41, 5.74) is 0.402. The molecule has 0 aliphatic carbocycles. The summed E-state index contributed by atoms with van der Waals surface area (Å²) in [6.45, 7) is 4.46. The highest BCUT2D eigenvalue weighted by Crippen LogP contribution is 2.34. The summed E-state index contributed by atoms with van der Waals surface area (Å²) in [6, 6.07) is 4.74. The zero-order valence-corrected chi connectivity index (χ0v) is 13.3. The molecule has 0 bridgehead atoms. The number of rotatable bonds is 3. The second-order valence-corrected chi connectivity index (χ2v) is 7.92. The van der Waals surface area contributed by atoms with Crippen LogP contribution in [0.1, 0.15) is 32.3 Å². The summed E-state index contributed by atoms with van der Waals surface area (Å²) in [4.78, 5) is 0.237. The number of nitrogens with zero attached hydrogens (tertiary/aromatic N) is 1. The molecule has 0 aromatic heterocycles. The van der Waals surface area contributed by atoms with Crippen molar-refractivity contribution in [3.05, 3.63) is 28.8 Å². The highest BCUT2D eigenvalue weighted by atomic mass is 35.5. The molecule has 0 amide bonds. The topological polar surface area (TPSA) is 37.4 Å². The molecule has 1 aromatic carbocycles. The van der Waals surface area contributed by atoms with E-state index in [0.717, 1.165) is 18.4 Å². The van der Waals surface area contributed by atoms with E-state index in [-0.39, 0.29) is 16.3 Å². The number of benzene rings is 1. The zero-order valence-electron chi connectivity index (χ0n) is 11.0. The normalized spacial score (nSPS) is 19.8. The van der Waals surface area contributed by atoms with Gasteiger partial charge in [0.25, 0.3) is 0 Å². The van der Waals surface area contributed by atoms with Crippen molar-refractivity contribution in [1.29, 1.82) is 0 Å². The van der Waals surface area contributed by atoms with Crippen LogP contribution < -0.4 is 0 Å². The van der Waals surface area contributed by atoms with Gasteiger partial charge in [0.1, 0.15) is 0 Å². The Morgan fingerprint density at radius 2 is 2.05 bits per heavy atom. The zero-order chi connectivity index (χ0) is 14.3. The Balaban J connectivity index is 2.43. The predicted octanol–water partition coefficient (Wildman–Crippen LogP) is 3.64.